The van der Waals surface area contributed by atoms with Crippen molar-refractivity contribution >= 4 is 11.6 Å². The summed E-state index contributed by atoms with van der Waals surface area (Å²) in [7, 11) is 2.13. The smallest absolute Gasteiger partial charge is 0.272 e. The Bertz CT molecular complexity index is 785. The van der Waals surface area contributed by atoms with Gasteiger partial charge in [-0.05, 0) is 38.6 Å². The highest BCUT2D eigenvalue weighted by atomic mass is 16.5. The number of aromatic nitrogens is 2. The molecule has 0 spiro atoms. The molecule has 6 nitrogen and oxygen atoms in total. The normalized spacial score (nSPS) is 25.0. The molecule has 2 aromatic heterocycles. The van der Waals surface area contributed by atoms with Gasteiger partial charge >= 0.3 is 0 Å². The zero-order chi connectivity index (χ0) is 16.8. The molecule has 2 fully saturated rings. The van der Waals surface area contributed by atoms with E-state index in [-0.39, 0.29) is 11.9 Å². The maximum Gasteiger partial charge on any atom is 0.272 e. The van der Waals surface area contributed by atoms with E-state index in [4.69, 9.17) is 4.74 Å². The molecule has 2 aliphatic heterocycles. The fourth-order valence-electron chi connectivity index (χ4n) is 3.89. The lowest BCUT2D eigenvalue weighted by molar-refractivity contribution is 0.0429. The van der Waals surface area contributed by atoms with Crippen LogP contribution in [0, 0.1) is 19.8 Å². The first-order chi connectivity index (χ1) is 11.5. The molecule has 0 N–H and O–H groups in total. The van der Waals surface area contributed by atoms with Gasteiger partial charge in [-0.3, -0.25) is 14.1 Å². The number of nitrogens with zero attached hydrogens (tertiary/aromatic N) is 4. The summed E-state index contributed by atoms with van der Waals surface area (Å²) < 4.78 is 7.68. The Morgan fingerprint density at radius 3 is 2.92 bits per heavy atom. The average Bonchev–Trinajstić information content (AvgIpc) is 2.63. The third kappa shape index (κ3) is 2.59. The Kier molecular flexibility index (Phi) is 3.81. The number of aryl methyl sites for hydroxylation is 2. The van der Waals surface area contributed by atoms with Crippen molar-refractivity contribution in [2.45, 2.75) is 19.9 Å². The number of fused-ring (bicyclic) bond motifs is 4. The van der Waals surface area contributed by atoms with Crippen LogP contribution in [0.25, 0.3) is 5.65 Å². The first kappa shape index (κ1) is 15.6. The number of hydrogen-bond acceptors (Lipinski definition) is 4. The Hall–Kier alpha value is -1.92. The summed E-state index contributed by atoms with van der Waals surface area (Å²) in [6, 6.07) is 4.30. The van der Waals surface area contributed by atoms with E-state index in [0.717, 1.165) is 36.6 Å². The second-order valence-corrected chi connectivity index (χ2v) is 7.19. The Balaban J connectivity index is 1.70. The quantitative estimate of drug-likeness (QED) is 0.793. The zero-order valence-electron chi connectivity index (χ0n) is 14.5. The van der Waals surface area contributed by atoms with Crippen molar-refractivity contribution in [1.82, 2.24) is 19.2 Å². The summed E-state index contributed by atoms with van der Waals surface area (Å²) in [5.74, 6) is 0.448. The molecule has 128 valence electrons. The third-order valence-electron chi connectivity index (χ3n) is 5.19. The van der Waals surface area contributed by atoms with Crippen molar-refractivity contribution in [3.8, 4) is 0 Å². The number of pyridine rings is 1. The lowest BCUT2D eigenvalue weighted by Crippen LogP contribution is -2.45. The van der Waals surface area contributed by atoms with E-state index < -0.39 is 0 Å². The number of ether oxygens (including phenoxy) is 1. The van der Waals surface area contributed by atoms with Gasteiger partial charge in [0.15, 0.2) is 0 Å². The molecule has 2 aliphatic rings. The van der Waals surface area contributed by atoms with Crippen molar-refractivity contribution in [2.75, 3.05) is 39.9 Å². The van der Waals surface area contributed by atoms with Gasteiger partial charge in [0.25, 0.3) is 5.91 Å². The fraction of sp³-hybridized carbons (Fsp3) is 0.556. The second-order valence-electron chi connectivity index (χ2n) is 7.19. The van der Waals surface area contributed by atoms with Crippen LogP contribution in [0.5, 0.6) is 0 Å². The van der Waals surface area contributed by atoms with Crippen LogP contribution in [0.2, 0.25) is 0 Å². The SMILES string of the molecule is Cc1ccn2c(C(=O)N3C[C@@H]4COC[C@H](C3)N(C)C4)c(C)nc2c1. The van der Waals surface area contributed by atoms with Crippen LogP contribution >= 0.6 is 0 Å². The van der Waals surface area contributed by atoms with Crippen LogP contribution < -0.4 is 0 Å². The zero-order valence-corrected chi connectivity index (χ0v) is 14.5. The predicted octanol–water partition coefficient (Wildman–Crippen LogP) is 1.35. The van der Waals surface area contributed by atoms with Crippen LogP contribution in [0.4, 0.5) is 0 Å². The van der Waals surface area contributed by atoms with Gasteiger partial charge in [-0.2, -0.15) is 0 Å². The largest absolute Gasteiger partial charge is 0.379 e. The molecule has 2 saturated heterocycles. The molecule has 0 radical (unpaired) electrons. The van der Waals surface area contributed by atoms with E-state index in [0.29, 0.717) is 24.8 Å². The highest BCUT2D eigenvalue weighted by Gasteiger charge is 2.34. The molecule has 6 heteroatoms. The van der Waals surface area contributed by atoms with Crippen LogP contribution in [0.15, 0.2) is 18.3 Å². The van der Waals surface area contributed by atoms with Crippen molar-refractivity contribution in [2.24, 2.45) is 5.92 Å². The van der Waals surface area contributed by atoms with Crippen molar-refractivity contribution in [3.05, 3.63) is 35.3 Å². The minimum atomic E-state index is 0.0797. The van der Waals surface area contributed by atoms with Gasteiger partial charge < -0.3 is 9.64 Å². The standard InChI is InChI=1S/C18H24N4O2/c1-12-4-5-22-16(6-12)19-13(2)17(22)18(23)21-8-14-7-20(3)15(9-21)11-24-10-14/h4-6,14-15H,7-11H2,1-3H3/t14-,15+/m1/s1. The van der Waals surface area contributed by atoms with E-state index in [1.165, 1.54) is 0 Å². The van der Waals surface area contributed by atoms with Gasteiger partial charge in [0.1, 0.15) is 11.3 Å². The number of imidazole rings is 1. The molecule has 0 saturated carbocycles. The molecule has 0 aliphatic carbocycles. The molecule has 2 atom stereocenters. The molecule has 4 heterocycles. The molecule has 24 heavy (non-hydrogen) atoms. The predicted molar refractivity (Wildman–Crippen MR) is 91.3 cm³/mol. The summed E-state index contributed by atoms with van der Waals surface area (Å²) >= 11 is 0. The summed E-state index contributed by atoms with van der Waals surface area (Å²) in [5, 5.41) is 0. The van der Waals surface area contributed by atoms with E-state index >= 15 is 0 Å². The van der Waals surface area contributed by atoms with Gasteiger partial charge in [-0.25, -0.2) is 4.98 Å². The van der Waals surface area contributed by atoms with Gasteiger partial charge in [-0.15, -0.1) is 0 Å². The lowest BCUT2D eigenvalue weighted by Gasteiger charge is -2.29. The summed E-state index contributed by atoms with van der Waals surface area (Å²) in [6.45, 7) is 7.83. The highest BCUT2D eigenvalue weighted by Crippen LogP contribution is 2.22. The first-order valence-electron chi connectivity index (χ1n) is 8.55. The van der Waals surface area contributed by atoms with Gasteiger partial charge in [0, 0.05) is 31.7 Å². The molecule has 0 aromatic carbocycles. The molecule has 1 amide bonds. The first-order valence-corrected chi connectivity index (χ1v) is 8.55. The average molecular weight is 328 g/mol. The second kappa shape index (κ2) is 5.86. The van der Waals surface area contributed by atoms with Crippen LogP contribution in [0.1, 0.15) is 21.7 Å². The Morgan fingerprint density at radius 2 is 2.08 bits per heavy atom. The maximum atomic E-state index is 13.3. The number of hydrogen-bond donors (Lipinski definition) is 0. The van der Waals surface area contributed by atoms with Gasteiger partial charge in [-0.1, -0.05) is 0 Å². The Labute approximate surface area is 142 Å². The number of amides is 1. The summed E-state index contributed by atoms with van der Waals surface area (Å²) in [6.07, 6.45) is 1.95. The number of carbonyl (C=O) groups excluding carboxylic acids is 1. The lowest BCUT2D eigenvalue weighted by atomic mass is 10.1. The van der Waals surface area contributed by atoms with Gasteiger partial charge in [0.05, 0.1) is 24.9 Å². The van der Waals surface area contributed by atoms with E-state index in [2.05, 4.69) is 16.9 Å². The van der Waals surface area contributed by atoms with E-state index in [9.17, 15) is 4.79 Å². The number of carbonyl (C=O) groups is 1. The Morgan fingerprint density at radius 1 is 1.25 bits per heavy atom. The van der Waals surface area contributed by atoms with E-state index in [1.54, 1.807) is 0 Å². The van der Waals surface area contributed by atoms with Crippen molar-refractivity contribution in [1.29, 1.82) is 0 Å². The summed E-state index contributed by atoms with van der Waals surface area (Å²) in [5.41, 5.74) is 3.47. The summed E-state index contributed by atoms with van der Waals surface area (Å²) in [4.78, 5) is 22.2. The number of likely N-dealkylation sites (N-methyl/N-ethyl adjacent to an activating group) is 1. The third-order valence-corrected chi connectivity index (χ3v) is 5.19. The highest BCUT2D eigenvalue weighted by molar-refractivity contribution is 5.94. The molecule has 2 bridgehead atoms. The van der Waals surface area contributed by atoms with E-state index in [1.807, 2.05) is 41.5 Å². The topological polar surface area (TPSA) is 50.1 Å². The minimum Gasteiger partial charge on any atom is -0.379 e. The fourth-order valence-corrected chi connectivity index (χ4v) is 3.89. The van der Waals surface area contributed by atoms with Crippen molar-refractivity contribution in [3.63, 3.8) is 0 Å². The van der Waals surface area contributed by atoms with Crippen LogP contribution in [-0.2, 0) is 4.74 Å². The minimum absolute atomic E-state index is 0.0797. The molecule has 4 rings (SSSR count). The van der Waals surface area contributed by atoms with Crippen LogP contribution in [-0.4, -0.2) is 71.0 Å². The molecular formula is C18H24N4O2. The van der Waals surface area contributed by atoms with Gasteiger partial charge in [0.2, 0.25) is 0 Å². The molecule has 0 unspecified atom stereocenters. The van der Waals surface area contributed by atoms with Crippen LogP contribution in [0.3, 0.4) is 0 Å². The maximum absolute atomic E-state index is 13.3. The van der Waals surface area contributed by atoms with Crippen molar-refractivity contribution < 1.29 is 9.53 Å². The molecular weight excluding hydrogens is 304 g/mol. The monoisotopic (exact) mass is 328 g/mol. The number of rotatable bonds is 1. The molecule has 2 aromatic rings.